The number of allylic oxidation sites excluding steroid dienone is 3. The van der Waals surface area contributed by atoms with Gasteiger partial charge in [-0.15, -0.1) is 0 Å². The SMILES string of the molecule is CN(C)CC1C=CC(Cn2c(-c3cncc(F)c3)nc3c(N)nc(Cl)nc32)=CC1. The van der Waals surface area contributed by atoms with Crippen LogP contribution in [0.3, 0.4) is 0 Å². The van der Waals surface area contributed by atoms with Gasteiger partial charge < -0.3 is 15.2 Å². The molecule has 1 aliphatic rings. The molecule has 3 heterocycles. The number of halogens is 2. The van der Waals surface area contributed by atoms with Crippen LogP contribution in [0.15, 0.2) is 42.3 Å². The Morgan fingerprint density at radius 1 is 1.28 bits per heavy atom. The van der Waals surface area contributed by atoms with Gasteiger partial charge in [-0.1, -0.05) is 18.2 Å². The van der Waals surface area contributed by atoms with Crippen molar-refractivity contribution in [1.29, 1.82) is 0 Å². The highest BCUT2D eigenvalue weighted by atomic mass is 35.5. The zero-order valence-corrected chi connectivity index (χ0v) is 16.9. The Labute approximate surface area is 172 Å². The van der Waals surface area contributed by atoms with Gasteiger partial charge in [-0.05, 0) is 49.7 Å². The summed E-state index contributed by atoms with van der Waals surface area (Å²) in [4.78, 5) is 19.0. The highest BCUT2D eigenvalue weighted by Gasteiger charge is 2.20. The molecule has 2 N–H and O–H groups in total. The quantitative estimate of drug-likeness (QED) is 0.646. The fraction of sp³-hybridized carbons (Fsp3) is 0.300. The third-order valence-electron chi connectivity index (χ3n) is 4.76. The number of imidazole rings is 1. The number of hydrogen-bond acceptors (Lipinski definition) is 6. The van der Waals surface area contributed by atoms with E-state index in [-0.39, 0.29) is 11.1 Å². The van der Waals surface area contributed by atoms with E-state index in [0.29, 0.717) is 35.0 Å². The van der Waals surface area contributed by atoms with Crippen LogP contribution in [0.5, 0.6) is 0 Å². The van der Waals surface area contributed by atoms with E-state index < -0.39 is 5.82 Å². The fourth-order valence-electron chi connectivity index (χ4n) is 3.51. The number of hydrogen-bond donors (Lipinski definition) is 1. The van der Waals surface area contributed by atoms with Crippen LogP contribution in [0, 0.1) is 11.7 Å². The first-order valence-corrected chi connectivity index (χ1v) is 9.60. The van der Waals surface area contributed by atoms with E-state index >= 15 is 0 Å². The minimum atomic E-state index is -0.443. The van der Waals surface area contributed by atoms with E-state index in [2.05, 4.69) is 57.2 Å². The molecule has 0 saturated carbocycles. The summed E-state index contributed by atoms with van der Waals surface area (Å²) in [6.07, 6.45) is 10.2. The molecule has 0 amide bonds. The van der Waals surface area contributed by atoms with Crippen molar-refractivity contribution in [3.05, 3.63) is 53.4 Å². The Morgan fingerprint density at radius 3 is 2.79 bits per heavy atom. The molecule has 1 atom stereocenters. The van der Waals surface area contributed by atoms with E-state index in [1.165, 1.54) is 6.07 Å². The van der Waals surface area contributed by atoms with Crippen molar-refractivity contribution in [2.45, 2.75) is 13.0 Å². The number of nitrogens with zero attached hydrogens (tertiary/aromatic N) is 6. The third-order valence-corrected chi connectivity index (χ3v) is 4.93. The standard InChI is InChI=1S/C20H21ClFN7/c1-28(2)10-12-3-5-13(6-4-12)11-29-18(14-7-15(22)9-24-8-14)25-16-17(23)26-20(21)27-19(16)29/h3,5-9,12H,4,10-11H2,1-2H3,(H2,23,26,27). The molecule has 0 radical (unpaired) electrons. The lowest BCUT2D eigenvalue weighted by Gasteiger charge is -2.20. The topological polar surface area (TPSA) is 85.8 Å². The van der Waals surface area contributed by atoms with E-state index in [1.807, 2.05) is 4.57 Å². The molecule has 3 aromatic rings. The first-order chi connectivity index (χ1) is 13.9. The Hall–Kier alpha value is -2.84. The summed E-state index contributed by atoms with van der Waals surface area (Å²) in [5.41, 5.74) is 8.59. The third kappa shape index (κ3) is 4.13. The van der Waals surface area contributed by atoms with Crippen LogP contribution in [-0.2, 0) is 6.54 Å². The van der Waals surface area contributed by atoms with Crippen LogP contribution in [0.2, 0.25) is 5.28 Å². The second kappa shape index (κ2) is 7.88. The minimum Gasteiger partial charge on any atom is -0.382 e. The highest BCUT2D eigenvalue weighted by molar-refractivity contribution is 6.28. The van der Waals surface area contributed by atoms with Crippen molar-refractivity contribution in [2.24, 2.45) is 5.92 Å². The van der Waals surface area contributed by atoms with Gasteiger partial charge in [-0.25, -0.2) is 9.37 Å². The predicted octanol–water partition coefficient (Wildman–Crippen LogP) is 3.33. The van der Waals surface area contributed by atoms with E-state index in [4.69, 9.17) is 17.3 Å². The van der Waals surface area contributed by atoms with E-state index in [9.17, 15) is 4.39 Å². The highest BCUT2D eigenvalue weighted by Crippen LogP contribution is 2.29. The molecule has 9 heteroatoms. The van der Waals surface area contributed by atoms with E-state index in [0.717, 1.165) is 24.7 Å². The lowest BCUT2D eigenvalue weighted by Crippen LogP contribution is -2.21. The van der Waals surface area contributed by atoms with Crippen LogP contribution in [-0.4, -0.2) is 50.0 Å². The average Bonchev–Trinajstić information content (AvgIpc) is 3.02. The smallest absolute Gasteiger partial charge is 0.226 e. The number of rotatable bonds is 5. The maximum Gasteiger partial charge on any atom is 0.226 e. The van der Waals surface area contributed by atoms with Crippen LogP contribution in [0.25, 0.3) is 22.6 Å². The first kappa shape index (κ1) is 19.5. The summed E-state index contributed by atoms with van der Waals surface area (Å²) in [6.45, 7) is 1.49. The van der Waals surface area contributed by atoms with Gasteiger partial charge in [0.25, 0.3) is 0 Å². The van der Waals surface area contributed by atoms with Crippen molar-refractivity contribution < 1.29 is 4.39 Å². The second-order valence-corrected chi connectivity index (χ2v) is 7.70. The molecule has 0 aliphatic heterocycles. The zero-order valence-electron chi connectivity index (χ0n) is 16.2. The summed E-state index contributed by atoms with van der Waals surface area (Å²) >= 11 is 6.04. The average molecular weight is 414 g/mol. The molecular weight excluding hydrogens is 393 g/mol. The molecule has 29 heavy (non-hydrogen) atoms. The van der Waals surface area contributed by atoms with Gasteiger partial charge in [0.15, 0.2) is 17.0 Å². The molecule has 0 bridgehead atoms. The summed E-state index contributed by atoms with van der Waals surface area (Å²) in [7, 11) is 4.13. The normalized spacial score (nSPS) is 16.6. The van der Waals surface area contributed by atoms with Gasteiger partial charge in [0.1, 0.15) is 11.6 Å². The molecule has 3 aromatic heterocycles. The van der Waals surface area contributed by atoms with Gasteiger partial charge >= 0.3 is 0 Å². The maximum absolute atomic E-state index is 13.8. The molecule has 1 aliphatic carbocycles. The fourth-order valence-corrected chi connectivity index (χ4v) is 3.68. The Balaban J connectivity index is 1.76. The van der Waals surface area contributed by atoms with Gasteiger partial charge in [0.2, 0.25) is 5.28 Å². The van der Waals surface area contributed by atoms with Gasteiger partial charge in [0, 0.05) is 18.3 Å². The predicted molar refractivity (Wildman–Crippen MR) is 112 cm³/mol. The molecule has 0 fully saturated rings. The van der Waals surface area contributed by atoms with Crippen molar-refractivity contribution in [2.75, 3.05) is 26.4 Å². The van der Waals surface area contributed by atoms with Crippen molar-refractivity contribution in [1.82, 2.24) is 29.4 Å². The second-order valence-electron chi connectivity index (χ2n) is 7.36. The minimum absolute atomic E-state index is 0.0410. The first-order valence-electron chi connectivity index (χ1n) is 9.23. The summed E-state index contributed by atoms with van der Waals surface area (Å²) in [6, 6.07) is 1.38. The number of fused-ring (bicyclic) bond motifs is 1. The monoisotopic (exact) mass is 413 g/mol. The number of aromatic nitrogens is 5. The van der Waals surface area contributed by atoms with Crippen molar-refractivity contribution >= 4 is 28.6 Å². The molecule has 4 rings (SSSR count). The Bertz CT molecular complexity index is 1120. The van der Waals surface area contributed by atoms with Gasteiger partial charge in [-0.2, -0.15) is 9.97 Å². The van der Waals surface area contributed by atoms with Gasteiger partial charge in [0.05, 0.1) is 12.7 Å². The lowest BCUT2D eigenvalue weighted by atomic mass is 9.96. The molecular formula is C20H21ClFN7. The number of nitrogen functional groups attached to an aromatic ring is 1. The molecule has 7 nitrogen and oxygen atoms in total. The largest absolute Gasteiger partial charge is 0.382 e. The molecule has 0 saturated heterocycles. The zero-order chi connectivity index (χ0) is 20.5. The number of anilines is 1. The summed E-state index contributed by atoms with van der Waals surface area (Å²) in [5.74, 6) is 0.734. The van der Waals surface area contributed by atoms with Crippen LogP contribution < -0.4 is 5.73 Å². The summed E-state index contributed by atoms with van der Waals surface area (Å²) < 4.78 is 15.7. The van der Waals surface area contributed by atoms with Crippen molar-refractivity contribution in [3.63, 3.8) is 0 Å². The lowest BCUT2D eigenvalue weighted by molar-refractivity contribution is 0.358. The maximum atomic E-state index is 13.8. The molecule has 0 aromatic carbocycles. The van der Waals surface area contributed by atoms with Crippen molar-refractivity contribution in [3.8, 4) is 11.4 Å². The summed E-state index contributed by atoms with van der Waals surface area (Å²) in [5, 5.41) is 0.0410. The van der Waals surface area contributed by atoms with Crippen LogP contribution >= 0.6 is 11.6 Å². The molecule has 1 unspecified atom stereocenters. The van der Waals surface area contributed by atoms with Gasteiger partial charge in [-0.3, -0.25) is 4.98 Å². The number of nitrogens with two attached hydrogens (primary N) is 1. The van der Waals surface area contributed by atoms with Crippen LogP contribution in [0.4, 0.5) is 10.2 Å². The molecule has 0 spiro atoms. The molecule has 150 valence electrons. The van der Waals surface area contributed by atoms with E-state index in [1.54, 1.807) is 6.20 Å². The number of pyridine rings is 1. The Kier molecular flexibility index (Phi) is 5.29. The van der Waals surface area contributed by atoms with Crippen LogP contribution in [0.1, 0.15) is 6.42 Å². The Morgan fingerprint density at radius 2 is 2.10 bits per heavy atom.